The standard InChI is InChI=1S/C17H23NO5/c1-22-14-6-7-15(23-2)13(9-14)10-18-16(19)11-4-3-5-12(8-11)17(20)21/h6-7,9,11-12H,3-5,8,10H2,1-2H3,(H,18,19)(H,20,21). The Morgan fingerprint density at radius 1 is 1.22 bits per heavy atom. The maximum absolute atomic E-state index is 12.3. The SMILES string of the molecule is COc1ccc(OC)c(CNC(=O)C2CCCC(C(=O)O)C2)c1. The van der Waals surface area contributed by atoms with E-state index in [1.165, 1.54) is 0 Å². The van der Waals surface area contributed by atoms with Gasteiger partial charge in [0.1, 0.15) is 11.5 Å². The fraction of sp³-hybridized carbons (Fsp3) is 0.529. The number of benzene rings is 1. The van der Waals surface area contributed by atoms with Gasteiger partial charge in [-0.05, 0) is 37.5 Å². The number of carbonyl (C=O) groups excluding carboxylic acids is 1. The fourth-order valence-electron chi connectivity index (χ4n) is 3.00. The zero-order valence-corrected chi connectivity index (χ0v) is 13.5. The van der Waals surface area contributed by atoms with Crippen molar-refractivity contribution in [3.05, 3.63) is 23.8 Å². The van der Waals surface area contributed by atoms with Crippen LogP contribution >= 0.6 is 0 Å². The Bertz CT molecular complexity index is 572. The normalized spacial score (nSPS) is 20.6. The van der Waals surface area contributed by atoms with Crippen molar-refractivity contribution in [3.8, 4) is 11.5 Å². The summed E-state index contributed by atoms with van der Waals surface area (Å²) in [6, 6.07) is 5.41. The maximum Gasteiger partial charge on any atom is 0.306 e. The first kappa shape index (κ1) is 17.1. The Morgan fingerprint density at radius 3 is 2.61 bits per heavy atom. The summed E-state index contributed by atoms with van der Waals surface area (Å²) in [6.45, 7) is 0.327. The van der Waals surface area contributed by atoms with Gasteiger partial charge in [-0.3, -0.25) is 9.59 Å². The minimum atomic E-state index is -0.808. The summed E-state index contributed by atoms with van der Waals surface area (Å²) in [4.78, 5) is 23.4. The van der Waals surface area contributed by atoms with Crippen molar-refractivity contribution >= 4 is 11.9 Å². The summed E-state index contributed by atoms with van der Waals surface area (Å²) >= 11 is 0. The summed E-state index contributed by atoms with van der Waals surface area (Å²) in [5.41, 5.74) is 0.825. The first-order valence-corrected chi connectivity index (χ1v) is 7.76. The van der Waals surface area contributed by atoms with Gasteiger partial charge in [0.05, 0.1) is 20.1 Å². The topological polar surface area (TPSA) is 84.9 Å². The number of methoxy groups -OCH3 is 2. The molecule has 6 nitrogen and oxygen atoms in total. The Labute approximate surface area is 135 Å². The highest BCUT2D eigenvalue weighted by atomic mass is 16.5. The van der Waals surface area contributed by atoms with Gasteiger partial charge in [-0.2, -0.15) is 0 Å². The lowest BCUT2D eigenvalue weighted by atomic mass is 9.81. The van der Waals surface area contributed by atoms with E-state index in [4.69, 9.17) is 14.6 Å². The zero-order chi connectivity index (χ0) is 16.8. The van der Waals surface area contributed by atoms with Crippen molar-refractivity contribution in [1.29, 1.82) is 0 Å². The van der Waals surface area contributed by atoms with Crippen LogP contribution in [-0.2, 0) is 16.1 Å². The maximum atomic E-state index is 12.3. The molecule has 0 radical (unpaired) electrons. The van der Waals surface area contributed by atoms with Gasteiger partial charge in [-0.1, -0.05) is 6.42 Å². The molecule has 0 spiro atoms. The van der Waals surface area contributed by atoms with E-state index in [0.29, 0.717) is 30.9 Å². The molecule has 2 N–H and O–H groups in total. The molecule has 1 aliphatic carbocycles. The predicted molar refractivity (Wildman–Crippen MR) is 84.5 cm³/mol. The van der Waals surface area contributed by atoms with E-state index in [1.807, 2.05) is 6.07 Å². The van der Waals surface area contributed by atoms with E-state index >= 15 is 0 Å². The molecule has 2 unspecified atom stereocenters. The molecule has 2 atom stereocenters. The number of nitrogens with one attached hydrogen (secondary N) is 1. The summed E-state index contributed by atoms with van der Waals surface area (Å²) < 4.78 is 10.5. The minimum Gasteiger partial charge on any atom is -0.497 e. The summed E-state index contributed by atoms with van der Waals surface area (Å²) in [5, 5.41) is 12.0. The van der Waals surface area contributed by atoms with Crippen LogP contribution in [0, 0.1) is 11.8 Å². The summed E-state index contributed by atoms with van der Waals surface area (Å²) in [5.74, 6) is -0.179. The number of rotatable bonds is 6. The second-order valence-electron chi connectivity index (χ2n) is 5.79. The molecule has 1 aromatic rings. The van der Waals surface area contributed by atoms with Crippen LogP contribution in [0.4, 0.5) is 0 Å². The molecule has 6 heteroatoms. The largest absolute Gasteiger partial charge is 0.497 e. The van der Waals surface area contributed by atoms with Crippen molar-refractivity contribution in [3.63, 3.8) is 0 Å². The molecule has 0 bridgehead atoms. The van der Waals surface area contributed by atoms with Gasteiger partial charge in [-0.15, -0.1) is 0 Å². The van der Waals surface area contributed by atoms with Gasteiger partial charge in [0.25, 0.3) is 0 Å². The lowest BCUT2D eigenvalue weighted by Crippen LogP contribution is -2.35. The molecule has 0 heterocycles. The van der Waals surface area contributed by atoms with Crippen LogP contribution in [0.5, 0.6) is 11.5 Å². The molecule has 126 valence electrons. The highest BCUT2D eigenvalue weighted by Crippen LogP contribution is 2.30. The third kappa shape index (κ3) is 4.37. The Kier molecular flexibility index (Phi) is 5.84. The van der Waals surface area contributed by atoms with Crippen LogP contribution in [0.25, 0.3) is 0 Å². The lowest BCUT2D eigenvalue weighted by Gasteiger charge is -2.25. The van der Waals surface area contributed by atoms with Crippen molar-refractivity contribution in [1.82, 2.24) is 5.32 Å². The van der Waals surface area contributed by atoms with Gasteiger partial charge in [0.2, 0.25) is 5.91 Å². The smallest absolute Gasteiger partial charge is 0.306 e. The first-order valence-electron chi connectivity index (χ1n) is 7.76. The number of hydrogen-bond donors (Lipinski definition) is 2. The summed E-state index contributed by atoms with van der Waals surface area (Å²) in [6.07, 6.45) is 2.58. The highest BCUT2D eigenvalue weighted by Gasteiger charge is 2.30. The van der Waals surface area contributed by atoms with Crippen molar-refractivity contribution in [2.24, 2.45) is 11.8 Å². The van der Waals surface area contributed by atoms with E-state index in [0.717, 1.165) is 18.4 Å². The second-order valence-corrected chi connectivity index (χ2v) is 5.79. The molecule has 1 aromatic carbocycles. The molecule has 2 rings (SSSR count). The Morgan fingerprint density at radius 2 is 1.96 bits per heavy atom. The lowest BCUT2D eigenvalue weighted by molar-refractivity contribution is -0.144. The monoisotopic (exact) mass is 321 g/mol. The van der Waals surface area contributed by atoms with Crippen LogP contribution in [0.3, 0.4) is 0 Å². The number of carboxylic acids is 1. The molecule has 0 saturated heterocycles. The molecule has 1 saturated carbocycles. The molecule has 0 aromatic heterocycles. The van der Waals surface area contributed by atoms with E-state index in [-0.39, 0.29) is 11.8 Å². The number of aliphatic carboxylic acids is 1. The Balaban J connectivity index is 1.97. The van der Waals surface area contributed by atoms with Gasteiger partial charge < -0.3 is 19.9 Å². The molecule has 0 aliphatic heterocycles. The van der Waals surface area contributed by atoms with Crippen molar-refractivity contribution in [2.45, 2.75) is 32.2 Å². The molecule has 1 amide bonds. The zero-order valence-electron chi connectivity index (χ0n) is 13.5. The van der Waals surface area contributed by atoms with Crippen LogP contribution < -0.4 is 14.8 Å². The summed E-state index contributed by atoms with van der Waals surface area (Å²) in [7, 11) is 3.16. The Hall–Kier alpha value is -2.24. The third-order valence-corrected chi connectivity index (χ3v) is 4.33. The molecule has 1 fully saturated rings. The van der Waals surface area contributed by atoms with E-state index in [2.05, 4.69) is 5.32 Å². The fourth-order valence-corrected chi connectivity index (χ4v) is 3.00. The number of carboxylic acid groups (broad SMARTS) is 1. The van der Waals surface area contributed by atoms with Crippen LogP contribution in [0.1, 0.15) is 31.2 Å². The average Bonchev–Trinajstić information content (AvgIpc) is 2.59. The third-order valence-electron chi connectivity index (χ3n) is 4.33. The molecule has 1 aliphatic rings. The van der Waals surface area contributed by atoms with E-state index < -0.39 is 11.9 Å². The number of carbonyl (C=O) groups is 2. The second kappa shape index (κ2) is 7.85. The molecular weight excluding hydrogens is 298 g/mol. The van der Waals surface area contributed by atoms with E-state index in [1.54, 1.807) is 26.4 Å². The predicted octanol–water partition coefficient (Wildman–Crippen LogP) is 2.21. The van der Waals surface area contributed by atoms with Crippen molar-refractivity contribution in [2.75, 3.05) is 14.2 Å². The van der Waals surface area contributed by atoms with Gasteiger partial charge in [0, 0.05) is 18.0 Å². The van der Waals surface area contributed by atoms with Crippen LogP contribution in [-0.4, -0.2) is 31.2 Å². The quantitative estimate of drug-likeness (QED) is 0.839. The number of amides is 1. The van der Waals surface area contributed by atoms with Crippen LogP contribution in [0.15, 0.2) is 18.2 Å². The first-order chi connectivity index (χ1) is 11.0. The van der Waals surface area contributed by atoms with E-state index in [9.17, 15) is 9.59 Å². The van der Waals surface area contributed by atoms with Gasteiger partial charge in [-0.25, -0.2) is 0 Å². The average molecular weight is 321 g/mol. The van der Waals surface area contributed by atoms with Gasteiger partial charge >= 0.3 is 5.97 Å². The molecule has 23 heavy (non-hydrogen) atoms. The minimum absolute atomic E-state index is 0.0965. The number of hydrogen-bond acceptors (Lipinski definition) is 4. The van der Waals surface area contributed by atoms with Gasteiger partial charge in [0.15, 0.2) is 0 Å². The number of ether oxygens (including phenoxy) is 2. The highest BCUT2D eigenvalue weighted by molar-refractivity contribution is 5.80. The van der Waals surface area contributed by atoms with Crippen LogP contribution in [0.2, 0.25) is 0 Å². The van der Waals surface area contributed by atoms with Crippen molar-refractivity contribution < 1.29 is 24.2 Å². The molecular formula is C17H23NO5.